The molecule has 0 radical (unpaired) electrons. The molecule has 1 aromatic carbocycles. The summed E-state index contributed by atoms with van der Waals surface area (Å²) in [6.45, 7) is 2.27. The highest BCUT2D eigenvalue weighted by Gasteiger charge is 2.46. The number of aromatic nitrogens is 1. The van der Waals surface area contributed by atoms with Crippen molar-refractivity contribution in [3.05, 3.63) is 57.8 Å². The van der Waals surface area contributed by atoms with E-state index in [0.717, 1.165) is 30.5 Å². The summed E-state index contributed by atoms with van der Waals surface area (Å²) in [5.41, 5.74) is 4.31. The molecule has 1 saturated heterocycles. The van der Waals surface area contributed by atoms with Gasteiger partial charge in [-0.25, -0.2) is 4.98 Å². The maximum atomic E-state index is 12.1. The maximum Gasteiger partial charge on any atom is 0.287 e. The standard InChI is InChI=1S/C20H21N3O3/c1-20-10-9-19(24)22(2)18(20)8-4-13-11-14(3-6-16(13)20)17-7-5-15(12-21-17)23(25)26/h3,5-7,11-12,18H,4,8-10H2,1-2H3/t18-,20-/m1/s1. The lowest BCUT2D eigenvalue weighted by Gasteiger charge is -2.50. The van der Waals surface area contributed by atoms with Gasteiger partial charge in [-0.1, -0.05) is 19.1 Å². The van der Waals surface area contributed by atoms with E-state index in [1.54, 1.807) is 6.07 Å². The molecule has 0 bridgehead atoms. The number of piperidine rings is 1. The van der Waals surface area contributed by atoms with E-state index in [4.69, 9.17) is 0 Å². The summed E-state index contributed by atoms with van der Waals surface area (Å²) in [5, 5.41) is 10.8. The van der Waals surface area contributed by atoms with Crippen molar-refractivity contribution in [2.24, 2.45) is 0 Å². The van der Waals surface area contributed by atoms with Crippen LogP contribution >= 0.6 is 0 Å². The fraction of sp³-hybridized carbons (Fsp3) is 0.400. The summed E-state index contributed by atoms with van der Waals surface area (Å²) in [6, 6.07) is 9.78. The van der Waals surface area contributed by atoms with E-state index in [0.29, 0.717) is 6.42 Å². The second-order valence-electron chi connectivity index (χ2n) is 7.51. The van der Waals surface area contributed by atoms with Crippen molar-refractivity contribution in [2.45, 2.75) is 44.1 Å². The van der Waals surface area contributed by atoms with Crippen LogP contribution in [0.25, 0.3) is 11.3 Å². The number of hydrogen-bond acceptors (Lipinski definition) is 4. The Hall–Kier alpha value is -2.76. The zero-order chi connectivity index (χ0) is 18.5. The van der Waals surface area contributed by atoms with Crippen LogP contribution in [-0.4, -0.2) is 33.8 Å². The van der Waals surface area contributed by atoms with Crippen molar-refractivity contribution >= 4 is 11.6 Å². The first-order valence-corrected chi connectivity index (χ1v) is 8.90. The van der Waals surface area contributed by atoms with Crippen LogP contribution in [-0.2, 0) is 16.6 Å². The van der Waals surface area contributed by atoms with Crippen molar-refractivity contribution in [1.82, 2.24) is 9.88 Å². The molecule has 1 aliphatic carbocycles. The van der Waals surface area contributed by atoms with Gasteiger partial charge in [0.15, 0.2) is 0 Å². The molecule has 1 amide bonds. The van der Waals surface area contributed by atoms with Gasteiger partial charge in [0.05, 0.1) is 10.6 Å². The fourth-order valence-electron chi connectivity index (χ4n) is 4.61. The molecule has 2 atom stereocenters. The lowest BCUT2D eigenvalue weighted by atomic mass is 9.63. The molecule has 0 unspecified atom stereocenters. The predicted octanol–water partition coefficient (Wildman–Crippen LogP) is 3.48. The Morgan fingerprint density at radius 3 is 2.77 bits per heavy atom. The Balaban J connectivity index is 1.70. The number of carbonyl (C=O) groups excluding carboxylic acids is 1. The van der Waals surface area contributed by atoms with E-state index in [2.05, 4.69) is 24.0 Å². The van der Waals surface area contributed by atoms with E-state index in [1.807, 2.05) is 18.0 Å². The van der Waals surface area contributed by atoms with Gasteiger partial charge in [-0.15, -0.1) is 0 Å². The van der Waals surface area contributed by atoms with Crippen molar-refractivity contribution in [2.75, 3.05) is 7.05 Å². The van der Waals surface area contributed by atoms with Crippen LogP contribution in [0.5, 0.6) is 0 Å². The topological polar surface area (TPSA) is 76.3 Å². The zero-order valence-electron chi connectivity index (χ0n) is 14.9. The van der Waals surface area contributed by atoms with E-state index in [1.165, 1.54) is 23.4 Å². The van der Waals surface area contributed by atoms with Gasteiger partial charge in [0, 0.05) is 36.6 Å². The number of carbonyl (C=O) groups is 1. The largest absolute Gasteiger partial charge is 0.342 e. The van der Waals surface area contributed by atoms with Crippen molar-refractivity contribution in [3.8, 4) is 11.3 Å². The maximum absolute atomic E-state index is 12.1. The molecule has 6 heteroatoms. The van der Waals surface area contributed by atoms with Crippen molar-refractivity contribution < 1.29 is 9.72 Å². The fourth-order valence-corrected chi connectivity index (χ4v) is 4.61. The van der Waals surface area contributed by atoms with E-state index in [-0.39, 0.29) is 23.1 Å². The van der Waals surface area contributed by atoms with Crippen molar-refractivity contribution in [1.29, 1.82) is 0 Å². The van der Waals surface area contributed by atoms with Gasteiger partial charge in [-0.2, -0.15) is 0 Å². The summed E-state index contributed by atoms with van der Waals surface area (Å²) in [5.74, 6) is 0.239. The number of nitro groups is 1. The molecule has 0 N–H and O–H groups in total. The molecule has 2 aromatic rings. The molecule has 134 valence electrons. The monoisotopic (exact) mass is 351 g/mol. The average Bonchev–Trinajstić information content (AvgIpc) is 2.65. The van der Waals surface area contributed by atoms with Gasteiger partial charge in [0.1, 0.15) is 6.20 Å². The van der Waals surface area contributed by atoms with Gasteiger partial charge in [0.2, 0.25) is 5.91 Å². The number of nitrogens with zero attached hydrogens (tertiary/aromatic N) is 3. The molecule has 26 heavy (non-hydrogen) atoms. The van der Waals surface area contributed by atoms with Gasteiger partial charge in [-0.05, 0) is 42.5 Å². The number of aryl methyl sites for hydroxylation is 1. The predicted molar refractivity (Wildman–Crippen MR) is 97.8 cm³/mol. The highest BCUT2D eigenvalue weighted by Crippen LogP contribution is 2.46. The van der Waals surface area contributed by atoms with Crippen LogP contribution < -0.4 is 0 Å². The molecule has 0 saturated carbocycles. The minimum atomic E-state index is -0.439. The molecular formula is C20H21N3O3. The van der Waals surface area contributed by atoms with Crippen LogP contribution in [0.4, 0.5) is 5.69 Å². The Morgan fingerprint density at radius 2 is 2.08 bits per heavy atom. The van der Waals surface area contributed by atoms with Crippen LogP contribution in [0.1, 0.15) is 37.3 Å². The van der Waals surface area contributed by atoms with Crippen molar-refractivity contribution in [3.63, 3.8) is 0 Å². The first-order valence-electron chi connectivity index (χ1n) is 8.90. The van der Waals surface area contributed by atoms with Gasteiger partial charge in [-0.3, -0.25) is 14.9 Å². The zero-order valence-corrected chi connectivity index (χ0v) is 14.9. The van der Waals surface area contributed by atoms with Crippen LogP contribution in [0.15, 0.2) is 36.5 Å². The van der Waals surface area contributed by atoms with E-state index in [9.17, 15) is 14.9 Å². The number of hydrogen-bond donors (Lipinski definition) is 0. The summed E-state index contributed by atoms with van der Waals surface area (Å²) in [4.78, 5) is 28.6. The normalized spacial score (nSPS) is 24.8. The molecule has 2 aliphatic rings. The molecule has 1 aromatic heterocycles. The molecule has 1 aliphatic heterocycles. The lowest BCUT2D eigenvalue weighted by molar-refractivity contribution is -0.385. The quantitative estimate of drug-likeness (QED) is 0.613. The molecule has 6 nitrogen and oxygen atoms in total. The second kappa shape index (κ2) is 5.90. The minimum absolute atomic E-state index is 0.00280. The molecule has 2 heterocycles. The third-order valence-electron chi connectivity index (χ3n) is 6.12. The first-order chi connectivity index (χ1) is 12.4. The molecular weight excluding hydrogens is 330 g/mol. The van der Waals surface area contributed by atoms with E-state index < -0.39 is 4.92 Å². The summed E-state index contributed by atoms with van der Waals surface area (Å²) in [7, 11) is 1.92. The Bertz CT molecular complexity index is 894. The number of likely N-dealkylation sites (N-methyl/N-ethyl adjacent to an activating group) is 1. The number of likely N-dealkylation sites (tertiary alicyclic amines) is 1. The first kappa shape index (κ1) is 16.7. The van der Waals surface area contributed by atoms with Gasteiger partial charge in [0.25, 0.3) is 5.69 Å². The average molecular weight is 351 g/mol. The Kier molecular flexibility index (Phi) is 3.79. The highest BCUT2D eigenvalue weighted by atomic mass is 16.6. The van der Waals surface area contributed by atoms with Gasteiger partial charge >= 0.3 is 0 Å². The van der Waals surface area contributed by atoms with Crippen LogP contribution in [0.3, 0.4) is 0 Å². The molecule has 1 fully saturated rings. The highest BCUT2D eigenvalue weighted by molar-refractivity contribution is 5.78. The van der Waals surface area contributed by atoms with E-state index >= 15 is 0 Å². The number of amides is 1. The third kappa shape index (κ3) is 2.48. The Morgan fingerprint density at radius 1 is 1.27 bits per heavy atom. The molecule has 4 rings (SSSR count). The number of pyridine rings is 1. The van der Waals surface area contributed by atoms with Crippen LogP contribution in [0, 0.1) is 10.1 Å². The minimum Gasteiger partial charge on any atom is -0.342 e. The summed E-state index contributed by atoms with van der Waals surface area (Å²) in [6.07, 6.45) is 4.66. The number of fused-ring (bicyclic) bond motifs is 3. The van der Waals surface area contributed by atoms with Gasteiger partial charge < -0.3 is 4.90 Å². The van der Waals surface area contributed by atoms with Crippen LogP contribution in [0.2, 0.25) is 0 Å². The smallest absolute Gasteiger partial charge is 0.287 e. The number of rotatable bonds is 2. The Labute approximate surface area is 152 Å². The SMILES string of the molecule is CN1C(=O)CC[C@]2(C)c3ccc(-c4ccc([N+](=O)[O-])cn4)cc3CC[C@@H]12. The third-order valence-corrected chi connectivity index (χ3v) is 6.12. The molecule has 0 spiro atoms. The summed E-state index contributed by atoms with van der Waals surface area (Å²) >= 11 is 0. The number of benzene rings is 1. The second-order valence-corrected chi connectivity index (χ2v) is 7.51. The lowest BCUT2D eigenvalue weighted by Crippen LogP contribution is -2.56. The summed E-state index contributed by atoms with van der Waals surface area (Å²) < 4.78 is 0.